The quantitative estimate of drug-likeness (QED) is 0.775. The van der Waals surface area contributed by atoms with Crippen LogP contribution in [0.4, 0.5) is 18.4 Å². The summed E-state index contributed by atoms with van der Waals surface area (Å²) < 4.78 is 28.9. The molecular formula is C14H15F2N3O4S. The summed E-state index contributed by atoms with van der Waals surface area (Å²) in [5.41, 5.74) is 0.397. The first kappa shape index (κ1) is 18.0. The topological polar surface area (TPSA) is 87.7 Å². The number of amides is 4. The zero-order chi connectivity index (χ0) is 17.5. The third-order valence-corrected chi connectivity index (χ3v) is 3.95. The molecule has 4 amide bonds. The van der Waals surface area contributed by atoms with Gasteiger partial charge in [0.1, 0.15) is 5.75 Å². The molecule has 0 aromatic heterocycles. The van der Waals surface area contributed by atoms with Gasteiger partial charge in [0.2, 0.25) is 5.91 Å². The fraction of sp³-hybridized carbons (Fsp3) is 0.357. The van der Waals surface area contributed by atoms with Gasteiger partial charge in [-0.15, -0.1) is 0 Å². The molecule has 1 saturated heterocycles. The van der Waals surface area contributed by atoms with Crippen molar-refractivity contribution in [2.75, 3.05) is 18.8 Å². The molecule has 0 spiro atoms. The first-order valence-electron chi connectivity index (χ1n) is 6.99. The van der Waals surface area contributed by atoms with Gasteiger partial charge in [-0.1, -0.05) is 30.0 Å². The fourth-order valence-corrected chi connectivity index (χ4v) is 2.73. The number of hydrogen-bond acceptors (Lipinski definition) is 5. The number of halogens is 2. The Kier molecular flexibility index (Phi) is 6.36. The predicted octanol–water partition coefficient (Wildman–Crippen LogP) is 1.78. The molecule has 1 fully saturated rings. The SMILES string of the molecule is O=C(NCCN1C(=O)CSC1=O)NCc1ccccc1OC(F)F. The number of imide groups is 1. The molecule has 24 heavy (non-hydrogen) atoms. The van der Waals surface area contributed by atoms with Gasteiger partial charge < -0.3 is 15.4 Å². The average Bonchev–Trinajstić information content (AvgIpc) is 2.85. The highest BCUT2D eigenvalue weighted by molar-refractivity contribution is 8.14. The van der Waals surface area contributed by atoms with Crippen molar-refractivity contribution in [1.82, 2.24) is 15.5 Å². The van der Waals surface area contributed by atoms with Crippen molar-refractivity contribution in [3.05, 3.63) is 29.8 Å². The van der Waals surface area contributed by atoms with Crippen molar-refractivity contribution >= 4 is 28.9 Å². The van der Waals surface area contributed by atoms with Gasteiger partial charge in [-0.25, -0.2) is 4.79 Å². The van der Waals surface area contributed by atoms with E-state index in [0.717, 1.165) is 16.7 Å². The van der Waals surface area contributed by atoms with E-state index in [2.05, 4.69) is 15.4 Å². The smallest absolute Gasteiger partial charge is 0.387 e. The van der Waals surface area contributed by atoms with E-state index in [1.807, 2.05) is 0 Å². The van der Waals surface area contributed by atoms with Gasteiger partial charge >= 0.3 is 12.6 Å². The van der Waals surface area contributed by atoms with Crippen molar-refractivity contribution in [3.8, 4) is 5.75 Å². The Balaban J connectivity index is 1.75. The van der Waals surface area contributed by atoms with Crippen molar-refractivity contribution in [2.45, 2.75) is 13.2 Å². The molecule has 0 aliphatic carbocycles. The number of para-hydroxylation sites is 1. The lowest BCUT2D eigenvalue weighted by Gasteiger charge is -2.14. The van der Waals surface area contributed by atoms with Crippen LogP contribution in [0.2, 0.25) is 0 Å². The van der Waals surface area contributed by atoms with E-state index in [9.17, 15) is 23.2 Å². The Hall–Kier alpha value is -2.36. The summed E-state index contributed by atoms with van der Waals surface area (Å²) in [6, 6.07) is 5.56. The summed E-state index contributed by atoms with van der Waals surface area (Å²) in [5, 5.41) is 4.65. The minimum Gasteiger partial charge on any atom is -0.434 e. The first-order chi connectivity index (χ1) is 11.5. The molecule has 0 atom stereocenters. The third kappa shape index (κ3) is 5.08. The van der Waals surface area contributed by atoms with Gasteiger partial charge in [0.25, 0.3) is 5.24 Å². The Morgan fingerprint density at radius 2 is 2.04 bits per heavy atom. The number of urea groups is 1. The fourth-order valence-electron chi connectivity index (χ4n) is 1.98. The van der Waals surface area contributed by atoms with E-state index in [0.29, 0.717) is 5.56 Å². The number of carbonyl (C=O) groups is 3. The molecule has 1 aliphatic rings. The molecule has 1 heterocycles. The second-order valence-electron chi connectivity index (χ2n) is 4.70. The Bertz CT molecular complexity index is 614. The van der Waals surface area contributed by atoms with Crippen molar-refractivity contribution in [2.24, 2.45) is 0 Å². The van der Waals surface area contributed by atoms with Gasteiger partial charge in [-0.05, 0) is 6.07 Å². The zero-order valence-corrected chi connectivity index (χ0v) is 13.3. The maximum absolute atomic E-state index is 12.3. The molecule has 130 valence electrons. The Morgan fingerprint density at radius 1 is 1.29 bits per heavy atom. The van der Waals surface area contributed by atoms with Gasteiger partial charge in [-0.2, -0.15) is 8.78 Å². The highest BCUT2D eigenvalue weighted by atomic mass is 32.2. The number of benzene rings is 1. The molecule has 10 heteroatoms. The van der Waals surface area contributed by atoms with Crippen LogP contribution in [0.1, 0.15) is 5.56 Å². The van der Waals surface area contributed by atoms with E-state index in [1.165, 1.54) is 6.07 Å². The molecular weight excluding hydrogens is 344 g/mol. The highest BCUT2D eigenvalue weighted by Gasteiger charge is 2.29. The molecule has 1 aliphatic heterocycles. The second-order valence-corrected chi connectivity index (χ2v) is 5.62. The van der Waals surface area contributed by atoms with E-state index in [-0.39, 0.29) is 42.3 Å². The highest BCUT2D eigenvalue weighted by Crippen LogP contribution is 2.20. The first-order valence-corrected chi connectivity index (χ1v) is 7.97. The molecule has 7 nitrogen and oxygen atoms in total. The van der Waals surface area contributed by atoms with Crippen LogP contribution in [0, 0.1) is 0 Å². The van der Waals surface area contributed by atoms with E-state index in [4.69, 9.17) is 0 Å². The molecule has 0 bridgehead atoms. The summed E-state index contributed by atoms with van der Waals surface area (Å²) in [7, 11) is 0. The maximum atomic E-state index is 12.3. The predicted molar refractivity (Wildman–Crippen MR) is 82.9 cm³/mol. The number of thioether (sulfide) groups is 1. The average molecular weight is 359 g/mol. The summed E-state index contributed by atoms with van der Waals surface area (Å²) in [5.74, 6) is -0.185. The molecule has 0 unspecified atom stereocenters. The van der Waals surface area contributed by atoms with Gasteiger partial charge in [-0.3, -0.25) is 14.5 Å². The number of rotatable bonds is 7. The Labute approximate surface area is 140 Å². The van der Waals surface area contributed by atoms with Crippen LogP contribution >= 0.6 is 11.8 Å². The van der Waals surface area contributed by atoms with E-state index >= 15 is 0 Å². The number of ether oxygens (including phenoxy) is 1. The summed E-state index contributed by atoms with van der Waals surface area (Å²) in [4.78, 5) is 35.5. The van der Waals surface area contributed by atoms with E-state index < -0.39 is 12.6 Å². The third-order valence-electron chi connectivity index (χ3n) is 3.09. The normalized spacial score (nSPS) is 14.2. The van der Waals surface area contributed by atoms with Crippen LogP contribution in [-0.2, 0) is 11.3 Å². The van der Waals surface area contributed by atoms with Crippen LogP contribution in [0.25, 0.3) is 0 Å². The summed E-state index contributed by atoms with van der Waals surface area (Å²) in [6.07, 6.45) is 0. The Morgan fingerprint density at radius 3 is 2.71 bits per heavy atom. The lowest BCUT2D eigenvalue weighted by Crippen LogP contribution is -2.41. The molecule has 0 saturated carbocycles. The van der Waals surface area contributed by atoms with Gasteiger partial charge in [0, 0.05) is 25.2 Å². The van der Waals surface area contributed by atoms with Crippen molar-refractivity contribution in [3.63, 3.8) is 0 Å². The number of carbonyl (C=O) groups excluding carboxylic acids is 3. The number of nitrogens with one attached hydrogen (secondary N) is 2. The van der Waals surface area contributed by atoms with Crippen LogP contribution in [-0.4, -0.2) is 47.5 Å². The standard InChI is InChI=1S/C14H15F2N3O4S/c15-12(16)23-10-4-2-1-3-9(10)7-18-13(21)17-5-6-19-11(20)8-24-14(19)22/h1-4,12H,5-8H2,(H2,17,18,21). The molecule has 2 N–H and O–H groups in total. The van der Waals surface area contributed by atoms with Crippen molar-refractivity contribution in [1.29, 1.82) is 0 Å². The van der Waals surface area contributed by atoms with Gasteiger partial charge in [0.05, 0.1) is 5.75 Å². The maximum Gasteiger partial charge on any atom is 0.387 e. The summed E-state index contributed by atoms with van der Waals surface area (Å²) >= 11 is 0.920. The largest absolute Gasteiger partial charge is 0.434 e. The molecule has 1 aromatic rings. The molecule has 1 aromatic carbocycles. The van der Waals surface area contributed by atoms with Crippen LogP contribution < -0.4 is 15.4 Å². The van der Waals surface area contributed by atoms with Crippen molar-refractivity contribution < 1.29 is 27.9 Å². The minimum absolute atomic E-state index is 0.00778. The molecule has 0 radical (unpaired) electrons. The number of alkyl halides is 2. The molecule has 2 rings (SSSR count). The monoisotopic (exact) mass is 359 g/mol. The van der Waals surface area contributed by atoms with Crippen LogP contribution in [0.15, 0.2) is 24.3 Å². The summed E-state index contributed by atoms with van der Waals surface area (Å²) in [6.45, 7) is -2.78. The lowest BCUT2D eigenvalue weighted by atomic mass is 10.2. The second kappa shape index (κ2) is 8.48. The van der Waals surface area contributed by atoms with E-state index in [1.54, 1.807) is 18.2 Å². The van der Waals surface area contributed by atoms with Crippen LogP contribution in [0.5, 0.6) is 5.75 Å². The number of nitrogens with zero attached hydrogens (tertiary/aromatic N) is 1. The number of hydrogen-bond donors (Lipinski definition) is 2. The van der Waals surface area contributed by atoms with Gasteiger partial charge in [0.15, 0.2) is 0 Å². The zero-order valence-electron chi connectivity index (χ0n) is 12.5. The van der Waals surface area contributed by atoms with Crippen LogP contribution in [0.3, 0.4) is 0 Å². The minimum atomic E-state index is -2.95. The lowest BCUT2D eigenvalue weighted by molar-refractivity contribution is -0.124.